The minimum absolute atomic E-state index is 0.102. The molecule has 0 radical (unpaired) electrons. The van der Waals surface area contributed by atoms with Crippen LogP contribution in [0.2, 0.25) is 0 Å². The van der Waals surface area contributed by atoms with Crippen LogP contribution in [0.25, 0.3) is 0 Å². The van der Waals surface area contributed by atoms with Crippen molar-refractivity contribution in [3.05, 3.63) is 11.6 Å². The molecule has 0 heterocycles. The molecule has 5 rings (SSSR count). The molecule has 0 bridgehead atoms. The van der Waals surface area contributed by atoms with Gasteiger partial charge in [-0.25, -0.2) is 4.79 Å². The number of carbonyl (C=O) groups is 2. The summed E-state index contributed by atoms with van der Waals surface area (Å²) >= 11 is 0. The van der Waals surface area contributed by atoms with Crippen molar-refractivity contribution in [2.45, 2.75) is 64.9 Å². The third kappa shape index (κ3) is 1.71. The summed E-state index contributed by atoms with van der Waals surface area (Å²) in [7, 11) is 0. The quantitative estimate of drug-likeness (QED) is 0.753. The molecule has 0 aromatic carbocycles. The Bertz CT molecular complexity index is 740. The van der Waals surface area contributed by atoms with Gasteiger partial charge in [0.2, 0.25) is 0 Å². The molecule has 2 N–H and O–H groups in total. The number of fused-ring (bicyclic) bond motifs is 8. The minimum atomic E-state index is -1.60. The fourth-order valence-corrected chi connectivity index (χ4v) is 8.20. The SMILES string of the molecule is CC1CC2C3C4CC4C4=CC(=O)CC[C@]4(C)C3CC[C@]2(C)[C@]1(O)C(=O)O. The predicted molar refractivity (Wildman–Crippen MR) is 96.2 cm³/mol. The van der Waals surface area contributed by atoms with Crippen molar-refractivity contribution < 1.29 is 19.8 Å². The molecule has 5 aliphatic carbocycles. The maximum absolute atomic E-state index is 12.1. The van der Waals surface area contributed by atoms with Gasteiger partial charge in [-0.2, -0.15) is 0 Å². The van der Waals surface area contributed by atoms with Crippen LogP contribution in [0, 0.1) is 46.3 Å². The van der Waals surface area contributed by atoms with Crippen LogP contribution in [0.3, 0.4) is 0 Å². The molecule has 9 atom stereocenters. The van der Waals surface area contributed by atoms with Gasteiger partial charge in [0, 0.05) is 11.8 Å². The summed E-state index contributed by atoms with van der Waals surface area (Å²) in [6, 6.07) is 0. The first kappa shape index (κ1) is 17.0. The van der Waals surface area contributed by atoms with E-state index in [-0.39, 0.29) is 23.0 Å². The Hall–Kier alpha value is -1.16. The van der Waals surface area contributed by atoms with Crippen LogP contribution in [0.1, 0.15) is 59.3 Å². The average molecular weight is 358 g/mol. The average Bonchev–Trinajstić information content (AvgIpc) is 3.33. The molecule has 0 aliphatic heterocycles. The third-order valence-corrected chi connectivity index (χ3v) is 9.66. The molecule has 5 aliphatic rings. The minimum Gasteiger partial charge on any atom is -0.479 e. The summed E-state index contributed by atoms with van der Waals surface area (Å²) in [5.74, 6) is 1.49. The van der Waals surface area contributed by atoms with Crippen LogP contribution in [0.4, 0.5) is 0 Å². The van der Waals surface area contributed by atoms with Crippen LogP contribution in [-0.4, -0.2) is 27.6 Å². The highest BCUT2D eigenvalue weighted by atomic mass is 16.4. The van der Waals surface area contributed by atoms with Gasteiger partial charge in [-0.1, -0.05) is 26.3 Å². The van der Waals surface area contributed by atoms with Crippen molar-refractivity contribution in [3.8, 4) is 0 Å². The normalized spacial score (nSPS) is 57.4. The van der Waals surface area contributed by atoms with E-state index in [9.17, 15) is 19.8 Å². The zero-order chi connectivity index (χ0) is 18.6. The molecule has 6 unspecified atom stereocenters. The van der Waals surface area contributed by atoms with Crippen molar-refractivity contribution in [1.82, 2.24) is 0 Å². The lowest BCUT2D eigenvalue weighted by Crippen LogP contribution is -2.59. The lowest BCUT2D eigenvalue weighted by molar-refractivity contribution is -0.187. The van der Waals surface area contributed by atoms with Crippen molar-refractivity contribution >= 4 is 11.8 Å². The second-order valence-electron chi connectivity index (χ2n) is 10.4. The Morgan fingerprint density at radius 3 is 2.62 bits per heavy atom. The van der Waals surface area contributed by atoms with E-state index < -0.39 is 17.0 Å². The number of ketones is 1. The number of carboxylic acid groups (broad SMARTS) is 1. The number of carboxylic acids is 1. The highest BCUT2D eigenvalue weighted by Crippen LogP contribution is 2.75. The molecule has 0 amide bonds. The summed E-state index contributed by atoms with van der Waals surface area (Å²) in [5.41, 5.74) is -0.630. The van der Waals surface area contributed by atoms with Gasteiger partial charge < -0.3 is 10.2 Å². The fourth-order valence-electron chi connectivity index (χ4n) is 8.20. The van der Waals surface area contributed by atoms with Crippen LogP contribution in [-0.2, 0) is 9.59 Å². The molecule has 0 saturated heterocycles. The van der Waals surface area contributed by atoms with E-state index in [2.05, 4.69) is 6.92 Å². The standard InChI is InChI=1S/C22H30O4/c1-11-8-17-18-14-10-13(14)16-9-12(23)4-6-20(16,2)15(18)5-7-21(17,3)22(11,26)19(24)25/h9,11,13-15,17-18,26H,4-8,10H2,1-3H3,(H,24,25)/t11?,13?,14?,15?,17?,18?,20-,21+,22-/m1/s1. The Balaban J connectivity index is 1.58. The maximum atomic E-state index is 12.1. The number of rotatable bonds is 1. The summed E-state index contributed by atoms with van der Waals surface area (Å²) in [4.78, 5) is 24.1. The van der Waals surface area contributed by atoms with Gasteiger partial charge in [0.15, 0.2) is 11.4 Å². The highest BCUT2D eigenvalue weighted by molar-refractivity contribution is 5.92. The zero-order valence-electron chi connectivity index (χ0n) is 16.0. The summed E-state index contributed by atoms with van der Waals surface area (Å²) in [6.45, 7) is 6.33. The fraction of sp³-hybridized carbons (Fsp3) is 0.818. The van der Waals surface area contributed by atoms with Gasteiger partial charge in [0.25, 0.3) is 0 Å². The monoisotopic (exact) mass is 358 g/mol. The van der Waals surface area contributed by atoms with E-state index in [0.717, 1.165) is 32.1 Å². The van der Waals surface area contributed by atoms with E-state index in [1.165, 1.54) is 5.57 Å². The summed E-state index contributed by atoms with van der Waals surface area (Å²) in [6.07, 6.45) is 7.29. The lowest BCUT2D eigenvalue weighted by Gasteiger charge is -2.58. The van der Waals surface area contributed by atoms with E-state index in [0.29, 0.717) is 30.1 Å². The smallest absolute Gasteiger partial charge is 0.336 e. The van der Waals surface area contributed by atoms with E-state index >= 15 is 0 Å². The molecule has 26 heavy (non-hydrogen) atoms. The van der Waals surface area contributed by atoms with Crippen LogP contribution in [0.5, 0.6) is 0 Å². The molecule has 0 aromatic rings. The lowest BCUT2D eigenvalue weighted by atomic mass is 9.46. The molecular formula is C22H30O4. The molecule has 4 fully saturated rings. The first-order valence-corrected chi connectivity index (χ1v) is 10.4. The number of hydrogen-bond donors (Lipinski definition) is 2. The van der Waals surface area contributed by atoms with Gasteiger partial charge in [0.1, 0.15) is 0 Å². The van der Waals surface area contributed by atoms with Crippen LogP contribution < -0.4 is 0 Å². The maximum Gasteiger partial charge on any atom is 0.336 e. The number of hydrogen-bond acceptors (Lipinski definition) is 3. The van der Waals surface area contributed by atoms with Crippen molar-refractivity contribution in [3.63, 3.8) is 0 Å². The molecule has 4 saturated carbocycles. The van der Waals surface area contributed by atoms with Crippen molar-refractivity contribution in [2.75, 3.05) is 0 Å². The Labute approximate surface area is 155 Å². The van der Waals surface area contributed by atoms with E-state index in [4.69, 9.17) is 0 Å². The van der Waals surface area contributed by atoms with Crippen LogP contribution >= 0.6 is 0 Å². The highest BCUT2D eigenvalue weighted by Gasteiger charge is 2.73. The topological polar surface area (TPSA) is 74.6 Å². The second-order valence-corrected chi connectivity index (χ2v) is 10.4. The molecule has 0 aromatic heterocycles. The van der Waals surface area contributed by atoms with Gasteiger partial charge in [-0.15, -0.1) is 0 Å². The number of allylic oxidation sites excluding steroid dienone is 1. The van der Waals surface area contributed by atoms with Gasteiger partial charge in [-0.05, 0) is 79.1 Å². The Morgan fingerprint density at radius 2 is 1.92 bits per heavy atom. The number of aliphatic carboxylic acids is 1. The first-order chi connectivity index (χ1) is 12.1. The van der Waals surface area contributed by atoms with Gasteiger partial charge >= 0.3 is 5.97 Å². The summed E-state index contributed by atoms with van der Waals surface area (Å²) in [5, 5.41) is 21.1. The van der Waals surface area contributed by atoms with Crippen molar-refractivity contribution in [2.24, 2.45) is 46.3 Å². The van der Waals surface area contributed by atoms with E-state index in [1.807, 2.05) is 19.9 Å². The zero-order valence-corrected chi connectivity index (χ0v) is 16.0. The molecule has 4 nitrogen and oxygen atoms in total. The van der Waals surface area contributed by atoms with E-state index in [1.54, 1.807) is 0 Å². The number of aliphatic hydroxyl groups is 1. The molecule has 142 valence electrons. The van der Waals surface area contributed by atoms with Gasteiger partial charge in [0.05, 0.1) is 0 Å². The van der Waals surface area contributed by atoms with Crippen LogP contribution in [0.15, 0.2) is 11.6 Å². The van der Waals surface area contributed by atoms with Crippen molar-refractivity contribution in [1.29, 1.82) is 0 Å². The predicted octanol–water partition coefficient (Wildman–Crippen LogP) is 3.44. The largest absolute Gasteiger partial charge is 0.479 e. The molecular weight excluding hydrogens is 328 g/mol. The van der Waals surface area contributed by atoms with Gasteiger partial charge in [-0.3, -0.25) is 4.79 Å². The second kappa shape index (κ2) is 4.81. The first-order valence-electron chi connectivity index (χ1n) is 10.4. The Kier molecular flexibility index (Phi) is 3.14. The molecule has 4 heteroatoms. The summed E-state index contributed by atoms with van der Waals surface area (Å²) < 4.78 is 0. The molecule has 0 spiro atoms. The third-order valence-electron chi connectivity index (χ3n) is 9.66. The number of carbonyl (C=O) groups excluding carboxylic acids is 1. The Morgan fingerprint density at radius 1 is 1.19 bits per heavy atom.